The lowest BCUT2D eigenvalue weighted by Crippen LogP contribution is -2.09. The monoisotopic (exact) mass is 444 g/mol. The van der Waals surface area contributed by atoms with Crippen LogP contribution in [-0.2, 0) is 9.47 Å². The molecule has 0 fully saturated rings. The van der Waals surface area contributed by atoms with Crippen molar-refractivity contribution in [1.82, 2.24) is 9.97 Å². The van der Waals surface area contributed by atoms with Crippen LogP contribution in [0.2, 0.25) is 0 Å². The van der Waals surface area contributed by atoms with E-state index in [-0.39, 0.29) is 0 Å². The van der Waals surface area contributed by atoms with Gasteiger partial charge >= 0.3 is 0 Å². The number of hydrogen-bond acceptors (Lipinski definition) is 6. The lowest BCUT2D eigenvalue weighted by Gasteiger charge is -2.11. The number of unbranched alkanes of at least 4 members (excludes halogenated alkanes) is 6. The first-order valence-electron chi connectivity index (χ1n) is 12.2. The molecule has 0 spiro atoms. The van der Waals surface area contributed by atoms with Gasteiger partial charge in [0.1, 0.15) is 19.0 Å². The molecule has 0 atom stereocenters. The summed E-state index contributed by atoms with van der Waals surface area (Å²) < 4.78 is 22.9. The summed E-state index contributed by atoms with van der Waals surface area (Å²) in [7, 11) is 0. The molecule has 6 heteroatoms. The molecule has 0 amide bonds. The van der Waals surface area contributed by atoms with Crippen molar-refractivity contribution >= 4 is 0 Å². The predicted octanol–water partition coefficient (Wildman–Crippen LogP) is 6.10. The molecule has 0 saturated heterocycles. The average molecular weight is 445 g/mol. The fourth-order valence-corrected chi connectivity index (χ4v) is 3.20. The van der Waals surface area contributed by atoms with Crippen molar-refractivity contribution in [3.05, 3.63) is 36.7 Å². The van der Waals surface area contributed by atoms with E-state index in [0.29, 0.717) is 38.0 Å². The largest absolute Gasteiger partial charge is 0.490 e. The number of rotatable bonds is 19. The average Bonchev–Trinajstić information content (AvgIpc) is 2.83. The van der Waals surface area contributed by atoms with Crippen LogP contribution in [0, 0.1) is 0 Å². The molecule has 2 aromatic rings. The van der Waals surface area contributed by atoms with E-state index >= 15 is 0 Å². The van der Waals surface area contributed by atoms with Gasteiger partial charge in [-0.05, 0) is 25.0 Å². The Morgan fingerprint density at radius 1 is 0.625 bits per heavy atom. The molecule has 1 aromatic heterocycles. The van der Waals surface area contributed by atoms with Gasteiger partial charge in [0.2, 0.25) is 0 Å². The Hall–Kier alpha value is -2.18. The van der Waals surface area contributed by atoms with Gasteiger partial charge in [0.25, 0.3) is 0 Å². The topological polar surface area (TPSA) is 62.7 Å². The first-order chi connectivity index (χ1) is 15.8. The molecule has 0 aliphatic rings. The van der Waals surface area contributed by atoms with Gasteiger partial charge in [-0.2, -0.15) is 0 Å². The number of aromatic nitrogens is 2. The third kappa shape index (κ3) is 10.9. The molecule has 2 rings (SSSR count). The Morgan fingerprint density at radius 3 is 1.84 bits per heavy atom. The van der Waals surface area contributed by atoms with Gasteiger partial charge in [-0.15, -0.1) is 0 Å². The minimum absolute atomic E-state index is 0.495. The summed E-state index contributed by atoms with van der Waals surface area (Å²) in [5.41, 5.74) is 0.859. The Bertz CT molecular complexity index is 709. The van der Waals surface area contributed by atoms with E-state index in [4.69, 9.17) is 18.9 Å². The normalized spacial score (nSPS) is 10.9. The molecule has 0 unspecified atom stereocenters. The minimum atomic E-state index is 0.495. The molecule has 0 bridgehead atoms. The van der Waals surface area contributed by atoms with E-state index in [1.807, 2.05) is 24.3 Å². The molecule has 0 aliphatic carbocycles. The number of ether oxygens (including phenoxy) is 4. The maximum absolute atomic E-state index is 5.92. The SMILES string of the molecule is CCCCCCOCCOc1cnc(-c2ccccc2OCCOCCCCCC)nc1. The molecular formula is C26H40N2O4. The van der Waals surface area contributed by atoms with Crippen molar-refractivity contribution in [2.45, 2.75) is 65.2 Å². The van der Waals surface area contributed by atoms with Gasteiger partial charge in [-0.25, -0.2) is 9.97 Å². The van der Waals surface area contributed by atoms with Crippen molar-refractivity contribution in [1.29, 1.82) is 0 Å². The first kappa shape index (κ1) is 26.1. The second-order valence-corrected chi connectivity index (χ2v) is 7.78. The Morgan fingerprint density at radius 2 is 1.22 bits per heavy atom. The molecule has 178 valence electrons. The van der Waals surface area contributed by atoms with Crippen molar-refractivity contribution < 1.29 is 18.9 Å². The van der Waals surface area contributed by atoms with Crippen LogP contribution in [0.4, 0.5) is 0 Å². The van der Waals surface area contributed by atoms with Crippen LogP contribution in [0.25, 0.3) is 11.4 Å². The zero-order chi connectivity index (χ0) is 22.7. The Labute approximate surface area is 193 Å². The maximum Gasteiger partial charge on any atom is 0.163 e. The van der Waals surface area contributed by atoms with Crippen molar-refractivity contribution in [2.75, 3.05) is 39.6 Å². The molecule has 0 radical (unpaired) electrons. The highest BCUT2D eigenvalue weighted by Crippen LogP contribution is 2.27. The van der Waals surface area contributed by atoms with Gasteiger partial charge in [0.15, 0.2) is 11.6 Å². The molecule has 0 N–H and O–H groups in total. The summed E-state index contributed by atoms with van der Waals surface area (Å²) in [5.74, 6) is 2.01. The highest BCUT2D eigenvalue weighted by Gasteiger charge is 2.09. The first-order valence-corrected chi connectivity index (χ1v) is 12.2. The zero-order valence-corrected chi connectivity index (χ0v) is 19.9. The lowest BCUT2D eigenvalue weighted by atomic mass is 10.2. The molecular weight excluding hydrogens is 404 g/mol. The standard InChI is InChI=1S/C26H40N2O4/c1-3-5-7-11-15-29-17-19-31-23-21-27-26(28-22-23)24-13-9-10-14-25(24)32-20-18-30-16-12-8-6-4-2/h9-10,13-14,21-22H,3-8,11-12,15-20H2,1-2H3. The van der Waals surface area contributed by atoms with Crippen LogP contribution in [0.3, 0.4) is 0 Å². The summed E-state index contributed by atoms with van der Waals surface area (Å²) in [6.45, 7) is 8.15. The summed E-state index contributed by atoms with van der Waals surface area (Å²) >= 11 is 0. The molecule has 6 nitrogen and oxygen atoms in total. The highest BCUT2D eigenvalue weighted by molar-refractivity contribution is 5.63. The second kappa shape index (κ2) is 17.4. The van der Waals surface area contributed by atoms with E-state index < -0.39 is 0 Å². The summed E-state index contributed by atoms with van der Waals surface area (Å²) in [5, 5.41) is 0. The lowest BCUT2D eigenvalue weighted by molar-refractivity contribution is 0.0968. The summed E-state index contributed by atoms with van der Waals surface area (Å²) in [6, 6.07) is 7.80. The highest BCUT2D eigenvalue weighted by atomic mass is 16.5. The van der Waals surface area contributed by atoms with Crippen LogP contribution in [0.15, 0.2) is 36.7 Å². The van der Waals surface area contributed by atoms with Gasteiger partial charge in [0.05, 0.1) is 31.2 Å². The van der Waals surface area contributed by atoms with Crippen LogP contribution in [0.1, 0.15) is 65.2 Å². The number of hydrogen-bond donors (Lipinski definition) is 0. The molecule has 1 aromatic carbocycles. The maximum atomic E-state index is 5.92. The minimum Gasteiger partial charge on any atom is -0.490 e. The van der Waals surface area contributed by atoms with Crippen LogP contribution in [0.5, 0.6) is 11.5 Å². The fourth-order valence-electron chi connectivity index (χ4n) is 3.20. The van der Waals surface area contributed by atoms with E-state index in [1.54, 1.807) is 12.4 Å². The quantitative estimate of drug-likeness (QED) is 0.244. The van der Waals surface area contributed by atoms with Gasteiger partial charge in [0, 0.05) is 13.2 Å². The molecule has 0 aliphatic heterocycles. The van der Waals surface area contributed by atoms with Gasteiger partial charge < -0.3 is 18.9 Å². The Balaban J connectivity index is 1.70. The second-order valence-electron chi connectivity index (χ2n) is 7.78. The van der Waals surface area contributed by atoms with Crippen molar-refractivity contribution in [3.63, 3.8) is 0 Å². The molecule has 32 heavy (non-hydrogen) atoms. The predicted molar refractivity (Wildman–Crippen MR) is 128 cm³/mol. The van der Waals surface area contributed by atoms with Crippen LogP contribution >= 0.6 is 0 Å². The fraction of sp³-hybridized carbons (Fsp3) is 0.615. The van der Waals surface area contributed by atoms with E-state index in [9.17, 15) is 0 Å². The number of para-hydroxylation sites is 1. The third-order valence-electron chi connectivity index (χ3n) is 5.02. The summed E-state index contributed by atoms with van der Waals surface area (Å²) in [6.07, 6.45) is 13.1. The smallest absolute Gasteiger partial charge is 0.163 e. The molecule has 1 heterocycles. The van der Waals surface area contributed by atoms with E-state index in [2.05, 4.69) is 23.8 Å². The number of benzene rings is 1. The van der Waals surface area contributed by atoms with Crippen molar-refractivity contribution in [2.24, 2.45) is 0 Å². The third-order valence-corrected chi connectivity index (χ3v) is 5.02. The van der Waals surface area contributed by atoms with E-state index in [0.717, 1.165) is 37.4 Å². The number of nitrogens with zero attached hydrogens (tertiary/aromatic N) is 2. The Kier molecular flexibility index (Phi) is 14.2. The van der Waals surface area contributed by atoms with Crippen molar-refractivity contribution in [3.8, 4) is 22.9 Å². The van der Waals surface area contributed by atoms with Gasteiger partial charge in [-0.3, -0.25) is 0 Å². The van der Waals surface area contributed by atoms with E-state index in [1.165, 1.54) is 38.5 Å². The van der Waals surface area contributed by atoms with Crippen LogP contribution in [-0.4, -0.2) is 49.6 Å². The zero-order valence-electron chi connectivity index (χ0n) is 19.9. The molecule has 0 saturated carbocycles. The summed E-state index contributed by atoms with van der Waals surface area (Å²) in [4.78, 5) is 8.91. The van der Waals surface area contributed by atoms with Gasteiger partial charge in [-0.1, -0.05) is 64.5 Å². The van der Waals surface area contributed by atoms with Crippen LogP contribution < -0.4 is 9.47 Å².